The molecule has 1 aromatic heterocycles. The molecule has 0 spiro atoms. The van der Waals surface area contributed by atoms with Crippen LogP contribution in [0.5, 0.6) is 0 Å². The van der Waals surface area contributed by atoms with E-state index in [9.17, 15) is 8.42 Å². The van der Waals surface area contributed by atoms with Gasteiger partial charge in [0.2, 0.25) is 10.0 Å². The van der Waals surface area contributed by atoms with E-state index in [1.165, 1.54) is 12.7 Å². The van der Waals surface area contributed by atoms with E-state index in [4.69, 9.17) is 0 Å². The number of nitrogens with one attached hydrogen (secondary N) is 1. The van der Waals surface area contributed by atoms with Gasteiger partial charge in [0.15, 0.2) is 0 Å². The minimum atomic E-state index is -3.08. The van der Waals surface area contributed by atoms with Gasteiger partial charge < -0.3 is 0 Å². The third kappa shape index (κ3) is 5.98. The van der Waals surface area contributed by atoms with Gasteiger partial charge >= 0.3 is 0 Å². The van der Waals surface area contributed by atoms with Crippen LogP contribution in [0.2, 0.25) is 0 Å². The zero-order chi connectivity index (χ0) is 16.0. The van der Waals surface area contributed by atoms with Gasteiger partial charge in [-0.15, -0.1) is 0 Å². The fourth-order valence-electron chi connectivity index (χ4n) is 2.91. The number of piperidine rings is 1. The summed E-state index contributed by atoms with van der Waals surface area (Å²) in [5.41, 5.74) is 1.07. The van der Waals surface area contributed by atoms with Gasteiger partial charge in [-0.25, -0.2) is 23.1 Å². The summed E-state index contributed by atoms with van der Waals surface area (Å²) in [4.78, 5) is 11.2. The summed E-state index contributed by atoms with van der Waals surface area (Å²) < 4.78 is 24.8. The van der Waals surface area contributed by atoms with Gasteiger partial charge in [-0.1, -0.05) is 6.92 Å². The minimum absolute atomic E-state index is 0.533. The van der Waals surface area contributed by atoms with E-state index in [2.05, 4.69) is 26.5 Å². The number of sulfonamides is 1. The molecule has 0 aliphatic carbocycles. The fourth-order valence-corrected chi connectivity index (χ4v) is 3.40. The zero-order valence-corrected chi connectivity index (χ0v) is 14.3. The molecule has 0 bridgehead atoms. The predicted molar refractivity (Wildman–Crippen MR) is 86.9 cm³/mol. The third-order valence-electron chi connectivity index (χ3n) is 3.98. The van der Waals surface area contributed by atoms with Crippen molar-refractivity contribution >= 4 is 10.0 Å². The molecule has 1 N–H and O–H groups in total. The number of hydrogen-bond donors (Lipinski definition) is 1. The van der Waals surface area contributed by atoms with E-state index >= 15 is 0 Å². The number of rotatable bonds is 7. The Labute approximate surface area is 133 Å². The largest absolute Gasteiger partial charge is 0.297 e. The summed E-state index contributed by atoms with van der Waals surface area (Å²) in [6, 6.07) is 1.98. The Morgan fingerprint density at radius 2 is 2.27 bits per heavy atom. The Bertz CT molecular complexity index is 577. The Hall–Kier alpha value is -1.05. The first-order valence-corrected chi connectivity index (χ1v) is 9.83. The van der Waals surface area contributed by atoms with E-state index in [0.29, 0.717) is 12.5 Å². The molecule has 0 aromatic carbocycles. The van der Waals surface area contributed by atoms with Crippen molar-refractivity contribution in [1.29, 1.82) is 0 Å². The molecule has 22 heavy (non-hydrogen) atoms. The maximum atomic E-state index is 11.1. The molecule has 1 aromatic rings. The molecular formula is C15H26N4O2S. The number of hydrogen-bond acceptors (Lipinski definition) is 5. The minimum Gasteiger partial charge on any atom is -0.297 e. The first kappa shape index (κ1) is 17.3. The number of likely N-dealkylation sites (tertiary alicyclic amines) is 1. The maximum Gasteiger partial charge on any atom is 0.208 e. The Balaban J connectivity index is 1.82. The Morgan fingerprint density at radius 1 is 1.45 bits per heavy atom. The average Bonchev–Trinajstić information content (AvgIpc) is 2.46. The van der Waals surface area contributed by atoms with Crippen LogP contribution in [0.3, 0.4) is 0 Å². The van der Waals surface area contributed by atoms with Gasteiger partial charge in [0, 0.05) is 32.3 Å². The number of aromatic nitrogens is 2. The zero-order valence-electron chi connectivity index (χ0n) is 13.5. The molecule has 2 heterocycles. The molecule has 0 saturated carbocycles. The van der Waals surface area contributed by atoms with Crippen LogP contribution in [0.25, 0.3) is 0 Å². The lowest BCUT2D eigenvalue weighted by molar-refractivity contribution is 0.160. The molecule has 1 aliphatic rings. The van der Waals surface area contributed by atoms with Gasteiger partial charge in [0.1, 0.15) is 5.82 Å². The summed E-state index contributed by atoms with van der Waals surface area (Å²) in [7, 11) is -3.08. The molecule has 1 atom stereocenters. The monoisotopic (exact) mass is 326 g/mol. The first-order chi connectivity index (χ1) is 10.5. The normalized spacial score (nSPS) is 20.2. The molecule has 1 fully saturated rings. The molecule has 0 amide bonds. The summed E-state index contributed by atoms with van der Waals surface area (Å²) in [6.45, 7) is 5.54. The Morgan fingerprint density at radius 3 is 3.00 bits per heavy atom. The summed E-state index contributed by atoms with van der Waals surface area (Å²) >= 11 is 0. The molecule has 6 nitrogen and oxygen atoms in total. The number of aryl methyl sites for hydroxylation is 1. The predicted octanol–water partition coefficient (Wildman–Crippen LogP) is 1.19. The lowest BCUT2D eigenvalue weighted by Gasteiger charge is -2.32. The highest BCUT2D eigenvalue weighted by Gasteiger charge is 2.20. The quantitative estimate of drug-likeness (QED) is 0.814. The summed E-state index contributed by atoms with van der Waals surface area (Å²) in [6.07, 6.45) is 7.13. The van der Waals surface area contributed by atoms with Crippen molar-refractivity contribution in [3.8, 4) is 0 Å². The van der Waals surface area contributed by atoms with Crippen LogP contribution in [0.15, 0.2) is 12.3 Å². The van der Waals surface area contributed by atoms with Crippen molar-refractivity contribution in [1.82, 2.24) is 19.6 Å². The molecule has 1 aliphatic heterocycles. The second kappa shape index (κ2) is 7.99. The van der Waals surface area contributed by atoms with Gasteiger partial charge in [0.05, 0.1) is 11.9 Å². The van der Waals surface area contributed by atoms with Crippen LogP contribution in [0.1, 0.15) is 37.7 Å². The lowest BCUT2D eigenvalue weighted by atomic mass is 9.95. The molecule has 0 radical (unpaired) electrons. The highest BCUT2D eigenvalue weighted by atomic mass is 32.2. The van der Waals surface area contributed by atoms with E-state index in [1.54, 1.807) is 0 Å². The van der Waals surface area contributed by atoms with Crippen LogP contribution in [0.4, 0.5) is 0 Å². The molecule has 1 saturated heterocycles. The number of nitrogens with zero attached hydrogens (tertiary/aromatic N) is 3. The van der Waals surface area contributed by atoms with E-state index in [0.717, 1.165) is 50.4 Å². The molecule has 7 heteroatoms. The molecule has 124 valence electrons. The SMILES string of the molecule is CCc1nccc(CN2CCCC(CCNS(C)(=O)=O)C2)n1. The highest BCUT2D eigenvalue weighted by Crippen LogP contribution is 2.20. The van der Waals surface area contributed by atoms with Crippen molar-refractivity contribution in [3.63, 3.8) is 0 Å². The topological polar surface area (TPSA) is 75.2 Å². The van der Waals surface area contributed by atoms with Crippen LogP contribution >= 0.6 is 0 Å². The van der Waals surface area contributed by atoms with Crippen LogP contribution in [0, 0.1) is 5.92 Å². The fraction of sp³-hybridized carbons (Fsp3) is 0.733. The molecular weight excluding hydrogens is 300 g/mol. The van der Waals surface area contributed by atoms with E-state index in [-0.39, 0.29) is 0 Å². The smallest absolute Gasteiger partial charge is 0.208 e. The van der Waals surface area contributed by atoms with Gasteiger partial charge in [-0.2, -0.15) is 0 Å². The van der Waals surface area contributed by atoms with Gasteiger partial charge in [-0.05, 0) is 37.8 Å². The third-order valence-corrected chi connectivity index (χ3v) is 4.71. The molecule has 2 rings (SSSR count). The standard InChI is InChI=1S/C15H26N4O2S/c1-3-15-16-8-7-14(18-15)12-19-10-4-5-13(11-19)6-9-17-22(2,20)21/h7-8,13,17H,3-6,9-12H2,1-2H3. The van der Waals surface area contributed by atoms with Crippen molar-refractivity contribution in [2.75, 3.05) is 25.9 Å². The van der Waals surface area contributed by atoms with E-state index in [1.807, 2.05) is 12.3 Å². The van der Waals surface area contributed by atoms with Crippen molar-refractivity contribution in [2.45, 2.75) is 39.2 Å². The Kier molecular flexibility index (Phi) is 6.28. The summed E-state index contributed by atoms with van der Waals surface area (Å²) in [5.74, 6) is 1.44. The van der Waals surface area contributed by atoms with Gasteiger partial charge in [-0.3, -0.25) is 4.90 Å². The van der Waals surface area contributed by atoms with Crippen LogP contribution in [-0.2, 0) is 23.0 Å². The van der Waals surface area contributed by atoms with Crippen molar-refractivity contribution in [3.05, 3.63) is 23.8 Å². The van der Waals surface area contributed by atoms with E-state index < -0.39 is 10.0 Å². The second-order valence-corrected chi connectivity index (χ2v) is 7.85. The highest BCUT2D eigenvalue weighted by molar-refractivity contribution is 7.88. The lowest BCUT2D eigenvalue weighted by Crippen LogP contribution is -2.36. The van der Waals surface area contributed by atoms with Crippen molar-refractivity contribution in [2.24, 2.45) is 5.92 Å². The summed E-state index contributed by atoms with van der Waals surface area (Å²) in [5, 5.41) is 0. The van der Waals surface area contributed by atoms with Crippen LogP contribution in [-0.4, -0.2) is 49.2 Å². The van der Waals surface area contributed by atoms with Crippen LogP contribution < -0.4 is 4.72 Å². The first-order valence-electron chi connectivity index (χ1n) is 7.94. The maximum absolute atomic E-state index is 11.1. The average molecular weight is 326 g/mol. The van der Waals surface area contributed by atoms with Gasteiger partial charge in [0.25, 0.3) is 0 Å². The second-order valence-electron chi connectivity index (χ2n) is 6.02. The molecule has 1 unspecified atom stereocenters. The van der Waals surface area contributed by atoms with Crippen molar-refractivity contribution < 1.29 is 8.42 Å².